The molecule has 11 nitrogen and oxygen atoms in total. The summed E-state index contributed by atoms with van der Waals surface area (Å²) in [5.74, 6) is -1.93. The van der Waals surface area contributed by atoms with Crippen LogP contribution in [0, 0.1) is 5.92 Å². The number of alkyl carbamates (subject to hydrolysis) is 1. The lowest BCUT2D eigenvalue weighted by molar-refractivity contribution is -0.144. The third-order valence-electron chi connectivity index (χ3n) is 5.34. The van der Waals surface area contributed by atoms with Gasteiger partial charge in [-0.3, -0.25) is 9.59 Å². The van der Waals surface area contributed by atoms with Gasteiger partial charge in [0.2, 0.25) is 11.8 Å². The van der Waals surface area contributed by atoms with E-state index in [1.54, 1.807) is 57.2 Å². The molecule has 0 aromatic heterocycles. The van der Waals surface area contributed by atoms with E-state index in [9.17, 15) is 24.3 Å². The van der Waals surface area contributed by atoms with Crippen molar-refractivity contribution in [2.45, 2.75) is 71.2 Å². The average Bonchev–Trinajstić information content (AvgIpc) is 2.80. The number of amides is 3. The predicted molar refractivity (Wildman–Crippen MR) is 140 cm³/mol. The Morgan fingerprint density at radius 3 is 2.34 bits per heavy atom. The maximum absolute atomic E-state index is 13.4. The van der Waals surface area contributed by atoms with Crippen molar-refractivity contribution in [3.63, 3.8) is 0 Å². The number of ether oxygens (including phenoxy) is 3. The van der Waals surface area contributed by atoms with Gasteiger partial charge in [0.15, 0.2) is 6.04 Å². The summed E-state index contributed by atoms with van der Waals surface area (Å²) >= 11 is 0. The summed E-state index contributed by atoms with van der Waals surface area (Å²) in [5.41, 5.74) is -0.0397. The lowest BCUT2D eigenvalue weighted by Crippen LogP contribution is -2.57. The molecule has 38 heavy (non-hydrogen) atoms. The number of carbonyl (C=O) groups excluding carboxylic acids is 3. The number of hydrogen-bond acceptors (Lipinski definition) is 7. The van der Waals surface area contributed by atoms with Gasteiger partial charge in [-0.25, -0.2) is 9.59 Å². The molecule has 2 aliphatic heterocycles. The van der Waals surface area contributed by atoms with Crippen molar-refractivity contribution in [1.29, 1.82) is 0 Å². The molecular weight excluding hydrogens is 494 g/mol. The highest BCUT2D eigenvalue weighted by Crippen LogP contribution is 2.15. The average molecular weight is 534 g/mol. The maximum atomic E-state index is 13.4. The van der Waals surface area contributed by atoms with Crippen LogP contribution in [-0.4, -0.2) is 72.5 Å². The Kier molecular flexibility index (Phi) is 11.6. The molecule has 210 valence electrons. The Balaban J connectivity index is 2.36. The maximum Gasteiger partial charge on any atom is 0.408 e. The molecular formula is C27H39N3O8. The van der Waals surface area contributed by atoms with Crippen molar-refractivity contribution < 1.29 is 38.5 Å². The minimum absolute atomic E-state index is 0.00198. The predicted octanol–water partition coefficient (Wildman–Crippen LogP) is 2.19. The van der Waals surface area contributed by atoms with Gasteiger partial charge in [-0.05, 0) is 56.9 Å². The van der Waals surface area contributed by atoms with E-state index in [1.807, 2.05) is 13.8 Å². The Hall–Kier alpha value is -3.60. The first-order chi connectivity index (χ1) is 17.8. The fourth-order valence-corrected chi connectivity index (χ4v) is 3.57. The quantitative estimate of drug-likeness (QED) is 0.340. The first-order valence-corrected chi connectivity index (χ1v) is 12.6. The molecule has 11 heteroatoms. The molecule has 0 radical (unpaired) electrons. The van der Waals surface area contributed by atoms with Crippen LogP contribution in [0.4, 0.5) is 4.79 Å². The summed E-state index contributed by atoms with van der Waals surface area (Å²) in [7, 11) is 0. The highest BCUT2D eigenvalue weighted by atomic mass is 16.6. The Morgan fingerprint density at radius 1 is 1.08 bits per heavy atom. The van der Waals surface area contributed by atoms with E-state index >= 15 is 0 Å². The number of rotatable bonds is 4. The summed E-state index contributed by atoms with van der Waals surface area (Å²) in [6, 6.07) is 3.65. The van der Waals surface area contributed by atoms with Crippen LogP contribution in [0.25, 0.3) is 0 Å². The minimum Gasteiger partial charge on any atom is -0.490 e. The molecule has 0 saturated heterocycles. The number of aliphatic carboxylic acids is 1. The summed E-state index contributed by atoms with van der Waals surface area (Å²) in [6.45, 7) is 9.00. The fraction of sp³-hybridized carbons (Fsp3) is 0.556. The molecule has 3 atom stereocenters. The number of carboxylic acids is 1. The lowest BCUT2D eigenvalue weighted by atomic mass is 10.0. The van der Waals surface area contributed by atoms with Crippen LogP contribution in [-0.2, 0) is 30.3 Å². The third kappa shape index (κ3) is 11.2. The van der Waals surface area contributed by atoms with Gasteiger partial charge in [0.25, 0.3) is 0 Å². The van der Waals surface area contributed by atoms with Crippen molar-refractivity contribution in [1.82, 2.24) is 16.0 Å². The summed E-state index contributed by atoms with van der Waals surface area (Å²) in [4.78, 5) is 50.7. The summed E-state index contributed by atoms with van der Waals surface area (Å²) < 4.78 is 16.4. The zero-order valence-corrected chi connectivity index (χ0v) is 22.6. The molecule has 3 amide bonds. The normalized spacial score (nSPS) is 22.6. The molecule has 0 fully saturated rings. The number of carbonyl (C=O) groups is 4. The number of fused-ring (bicyclic) bond motifs is 15. The molecule has 0 aliphatic carbocycles. The van der Waals surface area contributed by atoms with Gasteiger partial charge < -0.3 is 35.3 Å². The Bertz CT molecular complexity index is 985. The third-order valence-corrected chi connectivity index (χ3v) is 5.34. The second-order valence-electron chi connectivity index (χ2n) is 10.5. The van der Waals surface area contributed by atoms with Crippen LogP contribution >= 0.6 is 0 Å². The Morgan fingerprint density at radius 2 is 1.74 bits per heavy atom. The first kappa shape index (κ1) is 30.6. The van der Waals surface area contributed by atoms with E-state index in [1.165, 1.54) is 0 Å². The second-order valence-corrected chi connectivity index (χ2v) is 10.5. The van der Waals surface area contributed by atoms with E-state index in [4.69, 9.17) is 14.2 Å². The molecule has 3 rings (SSSR count). The number of nitrogens with one attached hydrogen (secondary N) is 3. The van der Waals surface area contributed by atoms with Gasteiger partial charge in [-0.1, -0.05) is 32.1 Å². The highest BCUT2D eigenvalue weighted by Gasteiger charge is 2.31. The SMILES string of the molecule is CC(C)C[C@@H]1NC(=O)[C@@H](NC(=O)OC(C)(C)C)Cc2ccc(cc2)OC/C=C/COC[C@@H](C(=O)O)NC1=O. The Labute approximate surface area is 223 Å². The van der Waals surface area contributed by atoms with Crippen LogP contribution in [0.15, 0.2) is 36.4 Å². The first-order valence-electron chi connectivity index (χ1n) is 12.6. The molecule has 2 bridgehead atoms. The fourth-order valence-electron chi connectivity index (χ4n) is 3.57. The van der Waals surface area contributed by atoms with Crippen molar-refractivity contribution in [2.75, 3.05) is 19.8 Å². The number of carboxylic acid groups (broad SMARTS) is 1. The second kappa shape index (κ2) is 14.4. The van der Waals surface area contributed by atoms with Crippen LogP contribution < -0.4 is 20.7 Å². The topological polar surface area (TPSA) is 152 Å². The van der Waals surface area contributed by atoms with Crippen LogP contribution in [0.3, 0.4) is 0 Å². The molecule has 2 heterocycles. The molecule has 4 N–H and O–H groups in total. The van der Waals surface area contributed by atoms with Crippen LogP contribution in [0.2, 0.25) is 0 Å². The lowest BCUT2D eigenvalue weighted by Gasteiger charge is -2.26. The van der Waals surface area contributed by atoms with Gasteiger partial charge in [0.1, 0.15) is 30.0 Å². The van der Waals surface area contributed by atoms with Gasteiger partial charge in [0, 0.05) is 6.42 Å². The van der Waals surface area contributed by atoms with Crippen molar-refractivity contribution in [3.8, 4) is 5.75 Å². The molecule has 2 aliphatic rings. The molecule has 0 unspecified atom stereocenters. The van der Waals surface area contributed by atoms with Gasteiger partial charge in [0.05, 0.1) is 13.2 Å². The van der Waals surface area contributed by atoms with Gasteiger partial charge in [-0.2, -0.15) is 0 Å². The molecule has 1 aromatic rings. The highest BCUT2D eigenvalue weighted by molar-refractivity contribution is 5.93. The van der Waals surface area contributed by atoms with E-state index in [2.05, 4.69) is 16.0 Å². The van der Waals surface area contributed by atoms with Crippen LogP contribution in [0.1, 0.15) is 46.6 Å². The zero-order valence-electron chi connectivity index (χ0n) is 22.6. The largest absolute Gasteiger partial charge is 0.490 e. The summed E-state index contributed by atoms with van der Waals surface area (Å²) in [5, 5.41) is 17.3. The number of benzene rings is 1. The van der Waals surface area contributed by atoms with E-state index in [0.717, 1.165) is 5.56 Å². The smallest absolute Gasteiger partial charge is 0.408 e. The number of hydrogen-bond donors (Lipinski definition) is 4. The van der Waals surface area contributed by atoms with Crippen molar-refractivity contribution in [2.24, 2.45) is 5.92 Å². The van der Waals surface area contributed by atoms with Crippen molar-refractivity contribution in [3.05, 3.63) is 42.0 Å². The molecule has 0 saturated carbocycles. The van der Waals surface area contributed by atoms with Gasteiger partial charge in [-0.15, -0.1) is 0 Å². The van der Waals surface area contributed by atoms with E-state index in [-0.39, 0.29) is 38.6 Å². The monoisotopic (exact) mass is 533 g/mol. The van der Waals surface area contributed by atoms with E-state index < -0.39 is 47.6 Å². The standard InChI is InChI=1S/C27H39N3O8/c1-17(2)14-20-23(31)29-22(25(33)34)16-36-12-6-7-13-37-19-10-8-18(9-11-19)15-21(24(32)28-20)30-26(35)38-27(3,4)5/h6-11,17,20-22H,12-16H2,1-5H3,(H,28,32)(H,29,31)(H,30,35)(H,33,34)/b7-6+/t20-,21-,22-/m0/s1. The van der Waals surface area contributed by atoms with Gasteiger partial charge >= 0.3 is 12.1 Å². The summed E-state index contributed by atoms with van der Waals surface area (Å²) in [6.07, 6.45) is 3.01. The van der Waals surface area contributed by atoms with E-state index in [0.29, 0.717) is 5.75 Å². The zero-order chi connectivity index (χ0) is 28.3. The molecule has 1 aromatic carbocycles. The van der Waals surface area contributed by atoms with Crippen molar-refractivity contribution >= 4 is 23.9 Å². The van der Waals surface area contributed by atoms with Crippen LogP contribution in [0.5, 0.6) is 5.75 Å². The minimum atomic E-state index is -1.31. The molecule has 0 spiro atoms.